The highest BCUT2D eigenvalue weighted by molar-refractivity contribution is 5.77. The molecule has 3 heteroatoms. The Morgan fingerprint density at radius 1 is 1.57 bits per heavy atom. The smallest absolute Gasteiger partial charge is 0.223 e. The fourth-order valence-corrected chi connectivity index (χ4v) is 1.66. The standard InChI is InChI=1S/C11H18N2O/c1-11(2,3)6-10(14)13-5-4-9(7-12)8-13/h9H,4-6,8H2,1-3H3. The van der Waals surface area contributed by atoms with Crippen LogP contribution in [0.2, 0.25) is 0 Å². The normalized spacial score (nSPS) is 22.1. The summed E-state index contributed by atoms with van der Waals surface area (Å²) in [6.45, 7) is 7.56. The van der Waals surface area contributed by atoms with Crippen molar-refractivity contribution in [3.8, 4) is 6.07 Å². The highest BCUT2D eigenvalue weighted by Gasteiger charge is 2.28. The lowest BCUT2D eigenvalue weighted by molar-refractivity contribution is -0.132. The van der Waals surface area contributed by atoms with Gasteiger partial charge in [-0.25, -0.2) is 0 Å². The second-order valence-electron chi connectivity index (χ2n) is 5.19. The molecule has 3 nitrogen and oxygen atoms in total. The molecule has 78 valence electrons. The molecule has 1 heterocycles. The zero-order chi connectivity index (χ0) is 10.8. The van der Waals surface area contributed by atoms with Gasteiger partial charge >= 0.3 is 0 Å². The zero-order valence-corrected chi connectivity index (χ0v) is 9.21. The van der Waals surface area contributed by atoms with Gasteiger partial charge in [0, 0.05) is 19.5 Å². The molecule has 1 rings (SSSR count). The van der Waals surface area contributed by atoms with Crippen molar-refractivity contribution in [2.45, 2.75) is 33.6 Å². The van der Waals surface area contributed by atoms with E-state index in [2.05, 4.69) is 26.8 Å². The molecule has 0 spiro atoms. The Morgan fingerprint density at radius 2 is 2.21 bits per heavy atom. The largest absolute Gasteiger partial charge is 0.341 e. The van der Waals surface area contributed by atoms with Gasteiger partial charge in [-0.1, -0.05) is 20.8 Å². The van der Waals surface area contributed by atoms with Crippen LogP contribution in [0, 0.1) is 22.7 Å². The van der Waals surface area contributed by atoms with E-state index < -0.39 is 0 Å². The monoisotopic (exact) mass is 194 g/mol. The van der Waals surface area contributed by atoms with Crippen molar-refractivity contribution in [1.29, 1.82) is 5.26 Å². The molecule has 0 saturated carbocycles. The highest BCUT2D eigenvalue weighted by atomic mass is 16.2. The lowest BCUT2D eigenvalue weighted by Gasteiger charge is -2.22. The van der Waals surface area contributed by atoms with E-state index in [0.29, 0.717) is 13.0 Å². The maximum absolute atomic E-state index is 11.7. The maximum Gasteiger partial charge on any atom is 0.223 e. The van der Waals surface area contributed by atoms with E-state index in [-0.39, 0.29) is 17.2 Å². The van der Waals surface area contributed by atoms with Gasteiger partial charge in [-0.2, -0.15) is 5.26 Å². The lowest BCUT2D eigenvalue weighted by Crippen LogP contribution is -2.31. The Hall–Kier alpha value is -1.04. The van der Waals surface area contributed by atoms with E-state index in [1.807, 2.05) is 4.90 Å². The van der Waals surface area contributed by atoms with Gasteiger partial charge in [-0.05, 0) is 11.8 Å². The number of carbonyl (C=O) groups is 1. The van der Waals surface area contributed by atoms with Crippen molar-refractivity contribution in [1.82, 2.24) is 4.90 Å². The van der Waals surface area contributed by atoms with E-state index >= 15 is 0 Å². The average molecular weight is 194 g/mol. The van der Waals surface area contributed by atoms with Gasteiger partial charge in [-0.15, -0.1) is 0 Å². The Balaban J connectivity index is 2.45. The number of hydrogen-bond acceptors (Lipinski definition) is 2. The zero-order valence-electron chi connectivity index (χ0n) is 9.21. The summed E-state index contributed by atoms with van der Waals surface area (Å²) >= 11 is 0. The van der Waals surface area contributed by atoms with Gasteiger partial charge in [0.15, 0.2) is 0 Å². The van der Waals surface area contributed by atoms with Crippen molar-refractivity contribution < 1.29 is 4.79 Å². The Kier molecular flexibility index (Phi) is 3.15. The molecule has 1 aliphatic heterocycles. The first-order chi connectivity index (χ1) is 6.42. The summed E-state index contributed by atoms with van der Waals surface area (Å²) in [7, 11) is 0. The minimum Gasteiger partial charge on any atom is -0.341 e. The van der Waals surface area contributed by atoms with Crippen LogP contribution >= 0.6 is 0 Å². The summed E-state index contributed by atoms with van der Waals surface area (Å²) in [5, 5.41) is 8.71. The summed E-state index contributed by atoms with van der Waals surface area (Å²) in [6.07, 6.45) is 1.41. The van der Waals surface area contributed by atoms with Crippen molar-refractivity contribution in [2.24, 2.45) is 11.3 Å². The van der Waals surface area contributed by atoms with Crippen LogP contribution < -0.4 is 0 Å². The van der Waals surface area contributed by atoms with E-state index in [9.17, 15) is 4.79 Å². The molecule has 0 aromatic carbocycles. The van der Waals surface area contributed by atoms with E-state index in [0.717, 1.165) is 13.0 Å². The SMILES string of the molecule is CC(C)(C)CC(=O)N1CCC(C#N)C1. The molecule has 0 aromatic heterocycles. The van der Waals surface area contributed by atoms with Gasteiger partial charge in [0.05, 0.1) is 12.0 Å². The molecular formula is C11H18N2O. The van der Waals surface area contributed by atoms with Gasteiger partial charge in [0.1, 0.15) is 0 Å². The second-order valence-corrected chi connectivity index (χ2v) is 5.19. The van der Waals surface area contributed by atoms with Crippen LogP contribution in [-0.4, -0.2) is 23.9 Å². The first-order valence-electron chi connectivity index (χ1n) is 5.10. The Labute approximate surface area is 85.7 Å². The number of nitriles is 1. The Bertz CT molecular complexity index is 259. The molecule has 1 atom stereocenters. The number of likely N-dealkylation sites (tertiary alicyclic amines) is 1. The van der Waals surface area contributed by atoms with Crippen molar-refractivity contribution in [3.05, 3.63) is 0 Å². The topological polar surface area (TPSA) is 44.1 Å². The van der Waals surface area contributed by atoms with Gasteiger partial charge in [-0.3, -0.25) is 4.79 Å². The molecule has 14 heavy (non-hydrogen) atoms. The molecule has 0 aliphatic carbocycles. The molecule has 1 saturated heterocycles. The minimum atomic E-state index is 0.0435. The van der Waals surface area contributed by atoms with Crippen LogP contribution in [0.1, 0.15) is 33.6 Å². The predicted molar refractivity (Wildman–Crippen MR) is 54.4 cm³/mol. The van der Waals surface area contributed by atoms with Crippen LogP contribution in [0.5, 0.6) is 0 Å². The van der Waals surface area contributed by atoms with Crippen molar-refractivity contribution in [3.63, 3.8) is 0 Å². The number of carbonyl (C=O) groups excluding carboxylic acids is 1. The first-order valence-corrected chi connectivity index (χ1v) is 5.10. The fourth-order valence-electron chi connectivity index (χ4n) is 1.66. The lowest BCUT2D eigenvalue weighted by atomic mass is 9.92. The number of amides is 1. The quantitative estimate of drug-likeness (QED) is 0.638. The molecule has 1 fully saturated rings. The summed E-state index contributed by atoms with van der Waals surface area (Å²) in [4.78, 5) is 13.6. The minimum absolute atomic E-state index is 0.0435. The molecular weight excluding hydrogens is 176 g/mol. The van der Waals surface area contributed by atoms with E-state index in [1.54, 1.807) is 0 Å². The van der Waals surface area contributed by atoms with E-state index in [1.165, 1.54) is 0 Å². The van der Waals surface area contributed by atoms with Gasteiger partial charge < -0.3 is 4.90 Å². The molecule has 0 radical (unpaired) electrons. The van der Waals surface area contributed by atoms with Crippen LogP contribution in [0.3, 0.4) is 0 Å². The van der Waals surface area contributed by atoms with Crippen LogP contribution in [0.15, 0.2) is 0 Å². The fraction of sp³-hybridized carbons (Fsp3) is 0.818. The summed E-state index contributed by atoms with van der Waals surface area (Å²) in [5.41, 5.74) is 0.0435. The summed E-state index contributed by atoms with van der Waals surface area (Å²) < 4.78 is 0. The summed E-state index contributed by atoms with van der Waals surface area (Å²) in [5.74, 6) is 0.245. The average Bonchev–Trinajstić information content (AvgIpc) is 2.48. The second kappa shape index (κ2) is 4.00. The molecule has 0 bridgehead atoms. The third-order valence-electron chi connectivity index (χ3n) is 2.41. The number of rotatable bonds is 1. The molecule has 1 aliphatic rings. The van der Waals surface area contributed by atoms with Crippen molar-refractivity contribution in [2.75, 3.05) is 13.1 Å². The Morgan fingerprint density at radius 3 is 2.64 bits per heavy atom. The van der Waals surface area contributed by atoms with E-state index in [4.69, 9.17) is 5.26 Å². The van der Waals surface area contributed by atoms with Gasteiger partial charge in [0.2, 0.25) is 5.91 Å². The predicted octanol–water partition coefficient (Wildman–Crippen LogP) is 1.79. The van der Waals surface area contributed by atoms with Crippen LogP contribution in [0.4, 0.5) is 0 Å². The maximum atomic E-state index is 11.7. The van der Waals surface area contributed by atoms with Gasteiger partial charge in [0.25, 0.3) is 0 Å². The van der Waals surface area contributed by atoms with Crippen LogP contribution in [-0.2, 0) is 4.79 Å². The number of hydrogen-bond donors (Lipinski definition) is 0. The third kappa shape index (κ3) is 3.02. The van der Waals surface area contributed by atoms with Crippen LogP contribution in [0.25, 0.3) is 0 Å². The molecule has 0 N–H and O–H groups in total. The molecule has 1 amide bonds. The molecule has 0 aromatic rings. The first kappa shape index (κ1) is 11.0. The molecule has 1 unspecified atom stereocenters. The summed E-state index contributed by atoms with van der Waals surface area (Å²) in [6, 6.07) is 2.22. The highest BCUT2D eigenvalue weighted by Crippen LogP contribution is 2.23. The van der Waals surface area contributed by atoms with Crippen molar-refractivity contribution >= 4 is 5.91 Å². The number of nitrogens with zero attached hydrogens (tertiary/aromatic N) is 2. The third-order valence-corrected chi connectivity index (χ3v) is 2.41.